The standard InChI is InChI=1S/C16H17N3O3/c1-9-13(11(3)20)10(2)17-14(9)16(22)19-18-15(21)12-7-5-4-6-8-12/h4-8,17H,1-3H3,(H,18,21)(H,19,22). The van der Waals surface area contributed by atoms with E-state index in [0.29, 0.717) is 22.4 Å². The third kappa shape index (κ3) is 3.06. The van der Waals surface area contributed by atoms with E-state index in [1.165, 1.54) is 6.92 Å². The van der Waals surface area contributed by atoms with E-state index >= 15 is 0 Å². The van der Waals surface area contributed by atoms with Crippen LogP contribution in [0.2, 0.25) is 0 Å². The minimum absolute atomic E-state index is 0.112. The number of hydrogen-bond acceptors (Lipinski definition) is 3. The van der Waals surface area contributed by atoms with Crippen LogP contribution in [0.25, 0.3) is 0 Å². The predicted molar refractivity (Wildman–Crippen MR) is 81.6 cm³/mol. The molecule has 3 N–H and O–H groups in total. The lowest BCUT2D eigenvalue weighted by Gasteiger charge is -2.07. The Morgan fingerprint density at radius 3 is 2.09 bits per heavy atom. The second-order valence-electron chi connectivity index (χ2n) is 4.96. The Bertz CT molecular complexity index is 733. The number of Topliss-reactive ketones (excluding diaryl/α,β-unsaturated/α-hetero) is 1. The van der Waals surface area contributed by atoms with Crippen LogP contribution >= 0.6 is 0 Å². The summed E-state index contributed by atoms with van der Waals surface area (Å²) >= 11 is 0. The molecule has 6 nitrogen and oxygen atoms in total. The van der Waals surface area contributed by atoms with E-state index in [4.69, 9.17) is 0 Å². The minimum atomic E-state index is -0.502. The van der Waals surface area contributed by atoms with Crippen LogP contribution in [0.5, 0.6) is 0 Å². The zero-order valence-corrected chi connectivity index (χ0v) is 12.6. The predicted octanol–water partition coefficient (Wildman–Crippen LogP) is 1.91. The Hall–Kier alpha value is -2.89. The van der Waals surface area contributed by atoms with Gasteiger partial charge in [-0.25, -0.2) is 0 Å². The van der Waals surface area contributed by atoms with E-state index in [-0.39, 0.29) is 11.5 Å². The van der Waals surface area contributed by atoms with Gasteiger partial charge >= 0.3 is 0 Å². The number of carbonyl (C=O) groups excluding carboxylic acids is 3. The highest BCUT2D eigenvalue weighted by Gasteiger charge is 2.20. The van der Waals surface area contributed by atoms with Gasteiger partial charge in [-0.3, -0.25) is 25.2 Å². The van der Waals surface area contributed by atoms with Crippen molar-refractivity contribution in [2.75, 3.05) is 0 Å². The lowest BCUT2D eigenvalue weighted by atomic mass is 10.1. The van der Waals surface area contributed by atoms with E-state index in [2.05, 4.69) is 15.8 Å². The Kier molecular flexibility index (Phi) is 4.41. The maximum Gasteiger partial charge on any atom is 0.286 e. The van der Waals surface area contributed by atoms with Crippen molar-refractivity contribution in [3.05, 3.63) is 58.4 Å². The molecule has 0 aliphatic heterocycles. The molecule has 2 rings (SSSR count). The highest BCUT2D eigenvalue weighted by Crippen LogP contribution is 2.18. The van der Waals surface area contributed by atoms with Crippen LogP contribution in [0.4, 0.5) is 0 Å². The molecule has 114 valence electrons. The average molecular weight is 299 g/mol. The monoisotopic (exact) mass is 299 g/mol. The first-order chi connectivity index (χ1) is 10.4. The Balaban J connectivity index is 2.09. The summed E-state index contributed by atoms with van der Waals surface area (Å²) in [7, 11) is 0. The van der Waals surface area contributed by atoms with Crippen molar-refractivity contribution in [2.24, 2.45) is 0 Å². The van der Waals surface area contributed by atoms with E-state index in [1.807, 2.05) is 0 Å². The molecule has 1 aromatic carbocycles. The normalized spacial score (nSPS) is 10.1. The molecule has 0 fully saturated rings. The summed E-state index contributed by atoms with van der Waals surface area (Å²) in [6.45, 7) is 4.86. The first-order valence-electron chi connectivity index (χ1n) is 6.77. The summed E-state index contributed by atoms with van der Waals surface area (Å²) in [5.74, 6) is -1.03. The third-order valence-electron chi connectivity index (χ3n) is 3.34. The smallest absolute Gasteiger partial charge is 0.286 e. The van der Waals surface area contributed by atoms with Crippen molar-refractivity contribution in [2.45, 2.75) is 20.8 Å². The van der Waals surface area contributed by atoms with E-state index < -0.39 is 11.8 Å². The zero-order chi connectivity index (χ0) is 16.3. The van der Waals surface area contributed by atoms with E-state index in [9.17, 15) is 14.4 Å². The van der Waals surface area contributed by atoms with Crippen LogP contribution in [0.15, 0.2) is 30.3 Å². The molecule has 2 amide bonds. The number of ketones is 1. The quantitative estimate of drug-likeness (QED) is 0.597. The largest absolute Gasteiger partial charge is 0.354 e. The van der Waals surface area contributed by atoms with Gasteiger partial charge in [-0.05, 0) is 38.5 Å². The second-order valence-corrected chi connectivity index (χ2v) is 4.96. The molecule has 0 spiro atoms. The number of rotatable bonds is 3. The fourth-order valence-electron chi connectivity index (χ4n) is 2.34. The van der Waals surface area contributed by atoms with Crippen LogP contribution in [0, 0.1) is 13.8 Å². The second kappa shape index (κ2) is 6.26. The number of aryl methyl sites for hydroxylation is 1. The van der Waals surface area contributed by atoms with E-state index in [1.54, 1.807) is 44.2 Å². The number of benzene rings is 1. The number of nitrogens with one attached hydrogen (secondary N) is 3. The van der Waals surface area contributed by atoms with Crippen molar-refractivity contribution in [1.29, 1.82) is 0 Å². The summed E-state index contributed by atoms with van der Waals surface area (Å²) in [6.07, 6.45) is 0. The topological polar surface area (TPSA) is 91.1 Å². The summed E-state index contributed by atoms with van der Waals surface area (Å²) in [6, 6.07) is 8.53. The molecule has 2 aromatic rings. The zero-order valence-electron chi connectivity index (χ0n) is 12.6. The van der Waals surface area contributed by atoms with Crippen LogP contribution in [-0.2, 0) is 0 Å². The van der Waals surface area contributed by atoms with Gasteiger partial charge in [-0.1, -0.05) is 18.2 Å². The summed E-state index contributed by atoms with van der Waals surface area (Å²) in [4.78, 5) is 38.4. The summed E-state index contributed by atoms with van der Waals surface area (Å²) in [5.41, 5.74) is 7.07. The minimum Gasteiger partial charge on any atom is -0.354 e. The van der Waals surface area contributed by atoms with Gasteiger partial charge in [0.1, 0.15) is 5.69 Å². The van der Waals surface area contributed by atoms with Gasteiger partial charge in [0.25, 0.3) is 11.8 Å². The molecule has 0 aliphatic rings. The van der Waals surface area contributed by atoms with Gasteiger partial charge in [0, 0.05) is 16.8 Å². The van der Waals surface area contributed by atoms with Gasteiger partial charge in [-0.15, -0.1) is 0 Å². The first-order valence-corrected chi connectivity index (χ1v) is 6.77. The number of hydrogen-bond donors (Lipinski definition) is 3. The molecule has 0 saturated carbocycles. The lowest BCUT2D eigenvalue weighted by Crippen LogP contribution is -2.42. The summed E-state index contributed by atoms with van der Waals surface area (Å²) < 4.78 is 0. The van der Waals surface area contributed by atoms with Crippen molar-refractivity contribution in [3.63, 3.8) is 0 Å². The van der Waals surface area contributed by atoms with E-state index in [0.717, 1.165) is 0 Å². The fourth-order valence-corrected chi connectivity index (χ4v) is 2.34. The van der Waals surface area contributed by atoms with Crippen molar-refractivity contribution in [1.82, 2.24) is 15.8 Å². The lowest BCUT2D eigenvalue weighted by molar-refractivity contribution is 0.0844. The highest BCUT2D eigenvalue weighted by atomic mass is 16.2. The molecule has 6 heteroatoms. The number of carbonyl (C=O) groups is 3. The maximum atomic E-state index is 12.1. The molecule has 0 atom stereocenters. The molecule has 1 heterocycles. The molecule has 0 bridgehead atoms. The van der Waals surface area contributed by atoms with Crippen LogP contribution in [0.1, 0.15) is 49.4 Å². The molecule has 0 saturated heterocycles. The number of H-pyrrole nitrogens is 1. The number of aromatic amines is 1. The average Bonchev–Trinajstić information content (AvgIpc) is 2.80. The van der Waals surface area contributed by atoms with Gasteiger partial charge in [0.15, 0.2) is 5.78 Å². The Labute approximate surface area is 127 Å². The molecule has 1 aromatic heterocycles. The highest BCUT2D eigenvalue weighted by molar-refractivity contribution is 6.03. The Morgan fingerprint density at radius 1 is 0.955 bits per heavy atom. The van der Waals surface area contributed by atoms with Crippen molar-refractivity contribution in [3.8, 4) is 0 Å². The van der Waals surface area contributed by atoms with Crippen molar-refractivity contribution >= 4 is 17.6 Å². The summed E-state index contributed by atoms with van der Waals surface area (Å²) in [5, 5.41) is 0. The number of aromatic nitrogens is 1. The first kappa shape index (κ1) is 15.5. The molecule has 0 unspecified atom stereocenters. The van der Waals surface area contributed by atoms with Crippen LogP contribution in [0.3, 0.4) is 0 Å². The Morgan fingerprint density at radius 2 is 1.55 bits per heavy atom. The van der Waals surface area contributed by atoms with Crippen LogP contribution < -0.4 is 10.9 Å². The number of amides is 2. The SMILES string of the molecule is CC(=O)c1c(C)[nH]c(C(=O)NNC(=O)c2ccccc2)c1C. The van der Waals surface area contributed by atoms with Gasteiger partial charge in [-0.2, -0.15) is 0 Å². The van der Waals surface area contributed by atoms with Crippen LogP contribution in [-0.4, -0.2) is 22.6 Å². The maximum absolute atomic E-state index is 12.1. The molecule has 0 aliphatic carbocycles. The molecular weight excluding hydrogens is 282 g/mol. The molecule has 22 heavy (non-hydrogen) atoms. The molecular formula is C16H17N3O3. The van der Waals surface area contributed by atoms with Gasteiger partial charge in [0.2, 0.25) is 0 Å². The third-order valence-corrected chi connectivity index (χ3v) is 3.34. The van der Waals surface area contributed by atoms with Gasteiger partial charge in [0.05, 0.1) is 0 Å². The van der Waals surface area contributed by atoms with Gasteiger partial charge < -0.3 is 4.98 Å². The number of hydrazine groups is 1. The fraction of sp³-hybridized carbons (Fsp3) is 0.188. The van der Waals surface area contributed by atoms with Crippen molar-refractivity contribution < 1.29 is 14.4 Å². The molecule has 0 radical (unpaired) electrons.